The van der Waals surface area contributed by atoms with Gasteiger partial charge < -0.3 is 15.3 Å². The van der Waals surface area contributed by atoms with Crippen molar-refractivity contribution in [2.75, 3.05) is 19.6 Å². The Kier molecular flexibility index (Phi) is 7.55. The van der Waals surface area contributed by atoms with Gasteiger partial charge in [0.05, 0.1) is 17.2 Å². The zero-order valence-corrected chi connectivity index (χ0v) is 15.0. The van der Waals surface area contributed by atoms with Gasteiger partial charge in [-0.15, -0.1) is 36.2 Å². The first-order valence-electron chi connectivity index (χ1n) is 7.25. The maximum absolute atomic E-state index is 12.5. The van der Waals surface area contributed by atoms with Gasteiger partial charge in [-0.25, -0.2) is 4.98 Å². The number of amides is 1. The third-order valence-electron chi connectivity index (χ3n) is 4.12. The van der Waals surface area contributed by atoms with Crippen LogP contribution in [0.25, 0.3) is 0 Å². The van der Waals surface area contributed by atoms with E-state index < -0.39 is 0 Å². The molecule has 126 valence electrons. The number of halogens is 2. The molecule has 3 heterocycles. The summed E-state index contributed by atoms with van der Waals surface area (Å²) in [7, 11) is 0. The van der Waals surface area contributed by atoms with Crippen molar-refractivity contribution in [3.05, 3.63) is 16.1 Å². The summed E-state index contributed by atoms with van der Waals surface area (Å²) >= 11 is 1.70. The number of aromatic nitrogens is 1. The standard InChI is InChI=1S/C14H21N3O2S.2ClH/c1-9-8-20-13(16-9)10-3-2-4-17(7-10)14(19)12-5-11(18)6-15-12;;/h8,10-12,15,18H,2-7H2,1H3;2*1H. The first kappa shape index (κ1) is 19.6. The van der Waals surface area contributed by atoms with E-state index in [4.69, 9.17) is 0 Å². The van der Waals surface area contributed by atoms with Crippen LogP contribution in [-0.2, 0) is 4.79 Å². The second-order valence-electron chi connectivity index (χ2n) is 5.80. The summed E-state index contributed by atoms with van der Waals surface area (Å²) in [4.78, 5) is 19.0. The lowest BCUT2D eigenvalue weighted by atomic mass is 9.98. The van der Waals surface area contributed by atoms with E-state index in [9.17, 15) is 9.90 Å². The molecule has 0 saturated carbocycles. The monoisotopic (exact) mass is 367 g/mol. The van der Waals surface area contributed by atoms with Crippen LogP contribution >= 0.6 is 36.2 Å². The van der Waals surface area contributed by atoms with Crippen LogP contribution in [0.5, 0.6) is 0 Å². The van der Waals surface area contributed by atoms with E-state index >= 15 is 0 Å². The second-order valence-corrected chi connectivity index (χ2v) is 6.69. The number of nitrogens with one attached hydrogen (secondary N) is 1. The third kappa shape index (κ3) is 4.32. The highest BCUT2D eigenvalue weighted by Gasteiger charge is 2.34. The van der Waals surface area contributed by atoms with Crippen LogP contribution in [0.4, 0.5) is 0 Å². The molecular formula is C14H23Cl2N3O2S. The van der Waals surface area contributed by atoms with Crippen LogP contribution in [-0.4, -0.2) is 52.7 Å². The second kappa shape index (κ2) is 8.45. The quantitative estimate of drug-likeness (QED) is 0.835. The van der Waals surface area contributed by atoms with Crippen molar-refractivity contribution in [2.24, 2.45) is 0 Å². The number of aliphatic hydroxyl groups is 1. The highest BCUT2D eigenvalue weighted by molar-refractivity contribution is 7.09. The van der Waals surface area contributed by atoms with Gasteiger partial charge in [0.25, 0.3) is 0 Å². The molecule has 22 heavy (non-hydrogen) atoms. The normalized spacial score (nSPS) is 27.9. The van der Waals surface area contributed by atoms with E-state index in [2.05, 4.69) is 15.7 Å². The SMILES string of the molecule is Cc1csc(C2CCCN(C(=O)C3CC(O)CN3)C2)n1.Cl.Cl. The molecule has 5 nitrogen and oxygen atoms in total. The molecule has 2 saturated heterocycles. The van der Waals surface area contributed by atoms with Gasteiger partial charge in [0, 0.05) is 36.6 Å². The topological polar surface area (TPSA) is 65.5 Å². The Bertz CT molecular complexity index is 500. The molecule has 1 aromatic heterocycles. The molecule has 2 aliphatic rings. The fraction of sp³-hybridized carbons (Fsp3) is 0.714. The predicted molar refractivity (Wildman–Crippen MR) is 92.3 cm³/mol. The smallest absolute Gasteiger partial charge is 0.239 e. The number of carbonyl (C=O) groups is 1. The minimum Gasteiger partial charge on any atom is -0.392 e. The van der Waals surface area contributed by atoms with Gasteiger partial charge in [-0.2, -0.15) is 0 Å². The van der Waals surface area contributed by atoms with Crippen LogP contribution in [0.3, 0.4) is 0 Å². The van der Waals surface area contributed by atoms with Crippen molar-refractivity contribution in [3.63, 3.8) is 0 Å². The number of rotatable bonds is 2. The van der Waals surface area contributed by atoms with Crippen LogP contribution in [0, 0.1) is 6.92 Å². The molecule has 3 atom stereocenters. The molecule has 0 radical (unpaired) electrons. The number of carbonyl (C=O) groups excluding carboxylic acids is 1. The zero-order valence-electron chi connectivity index (χ0n) is 12.5. The first-order chi connectivity index (χ1) is 9.63. The van der Waals surface area contributed by atoms with Gasteiger partial charge in [0.15, 0.2) is 0 Å². The Hall–Kier alpha value is -0.400. The minimum absolute atomic E-state index is 0. The van der Waals surface area contributed by atoms with Crippen molar-refractivity contribution >= 4 is 42.1 Å². The van der Waals surface area contributed by atoms with E-state index in [1.54, 1.807) is 11.3 Å². The summed E-state index contributed by atoms with van der Waals surface area (Å²) in [6.07, 6.45) is 2.30. The number of aliphatic hydroxyl groups excluding tert-OH is 1. The molecule has 3 unspecified atom stereocenters. The molecule has 0 aromatic carbocycles. The number of likely N-dealkylation sites (tertiary alicyclic amines) is 1. The molecule has 0 bridgehead atoms. The van der Waals surface area contributed by atoms with Crippen molar-refractivity contribution in [1.29, 1.82) is 0 Å². The number of hydrogen-bond donors (Lipinski definition) is 2. The van der Waals surface area contributed by atoms with E-state index in [0.29, 0.717) is 18.9 Å². The van der Waals surface area contributed by atoms with Crippen LogP contribution < -0.4 is 5.32 Å². The van der Waals surface area contributed by atoms with Crippen LogP contribution in [0.15, 0.2) is 5.38 Å². The van der Waals surface area contributed by atoms with E-state index in [-0.39, 0.29) is 42.9 Å². The number of β-amino-alcohol motifs (C(OH)–C–C–N with tert-alkyl or cyclic N) is 1. The maximum atomic E-state index is 12.5. The average Bonchev–Trinajstić information content (AvgIpc) is 3.07. The molecular weight excluding hydrogens is 345 g/mol. The summed E-state index contributed by atoms with van der Waals surface area (Å²) in [5.74, 6) is 0.511. The number of piperidine rings is 1. The number of aryl methyl sites for hydroxylation is 1. The Morgan fingerprint density at radius 3 is 2.86 bits per heavy atom. The van der Waals surface area contributed by atoms with Gasteiger partial charge in [-0.3, -0.25) is 4.79 Å². The Morgan fingerprint density at radius 1 is 1.50 bits per heavy atom. The first-order valence-corrected chi connectivity index (χ1v) is 8.13. The molecule has 2 N–H and O–H groups in total. The number of thiazole rings is 1. The highest BCUT2D eigenvalue weighted by atomic mass is 35.5. The molecule has 3 rings (SSSR count). The van der Waals surface area contributed by atoms with E-state index in [1.165, 1.54) is 0 Å². The minimum atomic E-state index is -0.383. The van der Waals surface area contributed by atoms with Crippen molar-refractivity contribution in [2.45, 2.75) is 44.2 Å². The lowest BCUT2D eigenvalue weighted by molar-refractivity contribution is -0.134. The zero-order chi connectivity index (χ0) is 14.1. The van der Waals surface area contributed by atoms with Gasteiger partial charge in [0.1, 0.15) is 0 Å². The maximum Gasteiger partial charge on any atom is 0.239 e. The van der Waals surface area contributed by atoms with Crippen molar-refractivity contribution in [3.8, 4) is 0 Å². The molecule has 0 aliphatic carbocycles. The van der Waals surface area contributed by atoms with Crippen molar-refractivity contribution < 1.29 is 9.90 Å². The van der Waals surface area contributed by atoms with Gasteiger partial charge in [-0.05, 0) is 26.2 Å². The number of hydrogen-bond acceptors (Lipinski definition) is 5. The lowest BCUT2D eigenvalue weighted by Gasteiger charge is -2.33. The average molecular weight is 368 g/mol. The molecule has 2 aliphatic heterocycles. The molecule has 8 heteroatoms. The summed E-state index contributed by atoms with van der Waals surface area (Å²) < 4.78 is 0. The number of nitrogens with zero attached hydrogens (tertiary/aromatic N) is 2. The largest absolute Gasteiger partial charge is 0.392 e. The fourth-order valence-electron chi connectivity index (χ4n) is 3.06. The Labute approximate surface area is 147 Å². The highest BCUT2D eigenvalue weighted by Crippen LogP contribution is 2.29. The summed E-state index contributed by atoms with van der Waals surface area (Å²) in [5, 5.41) is 15.9. The summed E-state index contributed by atoms with van der Waals surface area (Å²) in [5.41, 5.74) is 1.06. The molecule has 0 spiro atoms. The fourth-order valence-corrected chi connectivity index (χ4v) is 3.99. The molecule has 2 fully saturated rings. The van der Waals surface area contributed by atoms with Crippen molar-refractivity contribution in [1.82, 2.24) is 15.2 Å². The summed E-state index contributed by atoms with van der Waals surface area (Å²) in [6.45, 7) is 4.13. The van der Waals surface area contributed by atoms with Crippen LogP contribution in [0.1, 0.15) is 35.9 Å². The van der Waals surface area contributed by atoms with E-state index in [1.807, 2.05) is 11.8 Å². The third-order valence-corrected chi connectivity index (χ3v) is 5.25. The van der Waals surface area contributed by atoms with Crippen LogP contribution in [0.2, 0.25) is 0 Å². The van der Waals surface area contributed by atoms with Gasteiger partial charge >= 0.3 is 0 Å². The lowest BCUT2D eigenvalue weighted by Crippen LogP contribution is -2.47. The predicted octanol–water partition coefficient (Wildman–Crippen LogP) is 1.72. The van der Waals surface area contributed by atoms with E-state index in [0.717, 1.165) is 36.6 Å². The molecule has 1 amide bonds. The summed E-state index contributed by atoms with van der Waals surface area (Å²) in [6, 6.07) is -0.207. The molecule has 1 aromatic rings. The van der Waals surface area contributed by atoms with Gasteiger partial charge in [0.2, 0.25) is 5.91 Å². The Balaban J connectivity index is 0.00000121. The van der Waals surface area contributed by atoms with Gasteiger partial charge in [-0.1, -0.05) is 0 Å². The Morgan fingerprint density at radius 2 is 2.27 bits per heavy atom.